The predicted molar refractivity (Wildman–Crippen MR) is 76.0 cm³/mol. The van der Waals surface area contributed by atoms with E-state index >= 15 is 0 Å². The first-order valence-corrected chi connectivity index (χ1v) is 6.77. The van der Waals surface area contributed by atoms with Gasteiger partial charge in [-0.05, 0) is 50.8 Å². The zero-order valence-corrected chi connectivity index (χ0v) is 11.6. The molecule has 4 nitrogen and oxygen atoms in total. The number of hydrogen-bond donors (Lipinski definition) is 2. The highest BCUT2D eigenvalue weighted by molar-refractivity contribution is 5.96. The van der Waals surface area contributed by atoms with Crippen molar-refractivity contribution in [2.45, 2.75) is 38.7 Å². The molecular weight excluding hydrogens is 240 g/mol. The Balaban J connectivity index is 2.17. The molecule has 4 heteroatoms. The molecule has 0 aromatic heterocycles. The van der Waals surface area contributed by atoms with Gasteiger partial charge >= 0.3 is 0 Å². The summed E-state index contributed by atoms with van der Waals surface area (Å²) in [6, 6.07) is 5.41. The summed E-state index contributed by atoms with van der Waals surface area (Å²) in [6.07, 6.45) is 2.20. The van der Waals surface area contributed by atoms with Gasteiger partial charge in [0.25, 0.3) is 5.91 Å². The van der Waals surface area contributed by atoms with Gasteiger partial charge in [0.05, 0.1) is 5.60 Å². The Morgan fingerprint density at radius 2 is 2.11 bits per heavy atom. The van der Waals surface area contributed by atoms with Gasteiger partial charge in [-0.3, -0.25) is 4.79 Å². The number of nitrogens with zero attached hydrogens (tertiary/aromatic N) is 1. The first kappa shape index (κ1) is 13.9. The van der Waals surface area contributed by atoms with Gasteiger partial charge in [-0.2, -0.15) is 0 Å². The maximum atomic E-state index is 12.5. The fourth-order valence-electron chi connectivity index (χ4n) is 2.51. The fraction of sp³-hybridized carbons (Fsp3) is 0.533. The Bertz CT molecular complexity index is 483. The van der Waals surface area contributed by atoms with Crippen LogP contribution in [0.5, 0.6) is 0 Å². The van der Waals surface area contributed by atoms with Crippen LogP contribution in [0, 0.1) is 6.92 Å². The number of rotatable bonds is 1. The maximum Gasteiger partial charge on any atom is 0.254 e. The summed E-state index contributed by atoms with van der Waals surface area (Å²) in [4.78, 5) is 14.3. The van der Waals surface area contributed by atoms with Gasteiger partial charge in [0.2, 0.25) is 0 Å². The van der Waals surface area contributed by atoms with Crippen LogP contribution in [0.3, 0.4) is 0 Å². The van der Waals surface area contributed by atoms with Crippen LogP contribution >= 0.6 is 0 Å². The first-order chi connectivity index (χ1) is 8.89. The largest absolute Gasteiger partial charge is 0.399 e. The van der Waals surface area contributed by atoms with Gasteiger partial charge in [0.1, 0.15) is 0 Å². The average Bonchev–Trinajstić information content (AvgIpc) is 2.52. The van der Waals surface area contributed by atoms with Crippen LogP contribution in [-0.2, 0) is 0 Å². The van der Waals surface area contributed by atoms with E-state index in [1.807, 2.05) is 24.8 Å². The van der Waals surface area contributed by atoms with Crippen LogP contribution in [0.1, 0.15) is 42.1 Å². The van der Waals surface area contributed by atoms with Gasteiger partial charge in [0.15, 0.2) is 0 Å². The second-order valence-corrected chi connectivity index (χ2v) is 5.72. The number of aryl methyl sites for hydroxylation is 1. The number of carbonyl (C=O) groups excluding carboxylic acids is 1. The summed E-state index contributed by atoms with van der Waals surface area (Å²) in [7, 11) is 0. The zero-order chi connectivity index (χ0) is 14.0. The minimum atomic E-state index is -0.653. The molecule has 1 unspecified atom stereocenters. The van der Waals surface area contributed by atoms with Crippen molar-refractivity contribution in [1.29, 1.82) is 0 Å². The molecule has 1 aromatic rings. The topological polar surface area (TPSA) is 66.6 Å². The number of aliphatic hydroxyl groups is 1. The molecule has 1 amide bonds. The molecule has 104 valence electrons. The van der Waals surface area contributed by atoms with Crippen molar-refractivity contribution >= 4 is 11.6 Å². The molecule has 0 aliphatic carbocycles. The van der Waals surface area contributed by atoms with E-state index in [0.29, 0.717) is 30.8 Å². The standard InChI is InChI=1S/C15H22N2O2/c1-11-4-5-12(16)10-13(11)14(18)17-8-3-6-15(2,19)7-9-17/h4-5,10,19H,3,6-9,16H2,1-2H3. The third-order valence-corrected chi connectivity index (χ3v) is 3.84. The lowest BCUT2D eigenvalue weighted by atomic mass is 9.98. The molecule has 1 aliphatic heterocycles. The summed E-state index contributed by atoms with van der Waals surface area (Å²) < 4.78 is 0. The van der Waals surface area contributed by atoms with E-state index in [1.165, 1.54) is 0 Å². The number of hydrogen-bond acceptors (Lipinski definition) is 3. The lowest BCUT2D eigenvalue weighted by Crippen LogP contribution is -2.34. The molecule has 2 rings (SSSR count). The number of anilines is 1. The molecule has 3 N–H and O–H groups in total. The van der Waals surface area contributed by atoms with Gasteiger partial charge in [-0.25, -0.2) is 0 Å². The van der Waals surface area contributed by atoms with E-state index in [0.717, 1.165) is 18.4 Å². The second kappa shape index (κ2) is 5.21. The highest BCUT2D eigenvalue weighted by atomic mass is 16.3. The summed E-state index contributed by atoms with van der Waals surface area (Å²) in [5.74, 6) is 0.0162. The smallest absolute Gasteiger partial charge is 0.254 e. The number of benzene rings is 1. The van der Waals surface area contributed by atoms with Gasteiger partial charge in [0, 0.05) is 24.3 Å². The first-order valence-electron chi connectivity index (χ1n) is 6.77. The van der Waals surface area contributed by atoms with Crippen LogP contribution in [0.15, 0.2) is 18.2 Å². The van der Waals surface area contributed by atoms with Crippen molar-refractivity contribution in [3.8, 4) is 0 Å². The summed E-state index contributed by atoms with van der Waals surface area (Å²) >= 11 is 0. The molecule has 1 saturated heterocycles. The molecule has 0 bridgehead atoms. The van der Waals surface area contributed by atoms with Crippen molar-refractivity contribution < 1.29 is 9.90 Å². The monoisotopic (exact) mass is 262 g/mol. The van der Waals surface area contributed by atoms with Gasteiger partial charge < -0.3 is 15.7 Å². The number of nitrogens with two attached hydrogens (primary N) is 1. The molecule has 1 fully saturated rings. The summed E-state index contributed by atoms with van der Waals surface area (Å²) in [6.45, 7) is 5.05. The van der Waals surface area contributed by atoms with Crippen LogP contribution in [-0.4, -0.2) is 34.6 Å². The Morgan fingerprint density at radius 1 is 1.37 bits per heavy atom. The highest BCUT2D eigenvalue weighted by Crippen LogP contribution is 2.23. The number of nitrogen functional groups attached to an aromatic ring is 1. The molecule has 0 saturated carbocycles. The Labute approximate surface area is 114 Å². The van der Waals surface area contributed by atoms with Gasteiger partial charge in [-0.15, -0.1) is 0 Å². The summed E-state index contributed by atoms with van der Waals surface area (Å²) in [5, 5.41) is 10.1. The SMILES string of the molecule is Cc1ccc(N)cc1C(=O)N1CCCC(C)(O)CC1. The third kappa shape index (κ3) is 3.26. The molecule has 0 radical (unpaired) electrons. The zero-order valence-electron chi connectivity index (χ0n) is 11.6. The number of likely N-dealkylation sites (tertiary alicyclic amines) is 1. The van der Waals surface area contributed by atoms with Crippen LogP contribution < -0.4 is 5.73 Å². The molecule has 1 aliphatic rings. The molecule has 1 atom stereocenters. The number of amides is 1. The van der Waals surface area contributed by atoms with E-state index < -0.39 is 5.60 Å². The van der Waals surface area contributed by atoms with Crippen molar-refractivity contribution in [3.05, 3.63) is 29.3 Å². The lowest BCUT2D eigenvalue weighted by molar-refractivity contribution is 0.0438. The van der Waals surface area contributed by atoms with Crippen molar-refractivity contribution in [2.75, 3.05) is 18.8 Å². The number of carbonyl (C=O) groups is 1. The lowest BCUT2D eigenvalue weighted by Gasteiger charge is -2.23. The molecule has 1 aromatic carbocycles. The predicted octanol–water partition coefficient (Wildman–Crippen LogP) is 1.95. The van der Waals surface area contributed by atoms with Crippen LogP contribution in [0.2, 0.25) is 0 Å². The minimum Gasteiger partial charge on any atom is -0.399 e. The van der Waals surface area contributed by atoms with Crippen molar-refractivity contribution in [2.24, 2.45) is 0 Å². The van der Waals surface area contributed by atoms with E-state index in [2.05, 4.69) is 0 Å². The highest BCUT2D eigenvalue weighted by Gasteiger charge is 2.27. The fourth-order valence-corrected chi connectivity index (χ4v) is 2.51. The molecule has 1 heterocycles. The van der Waals surface area contributed by atoms with E-state index in [9.17, 15) is 9.90 Å². The summed E-state index contributed by atoms with van der Waals surface area (Å²) in [5.41, 5.74) is 7.32. The van der Waals surface area contributed by atoms with E-state index in [4.69, 9.17) is 5.73 Å². The Morgan fingerprint density at radius 3 is 2.84 bits per heavy atom. The molecular formula is C15H22N2O2. The van der Waals surface area contributed by atoms with Gasteiger partial charge in [-0.1, -0.05) is 6.07 Å². The van der Waals surface area contributed by atoms with Crippen molar-refractivity contribution in [1.82, 2.24) is 4.90 Å². The average molecular weight is 262 g/mol. The van der Waals surface area contributed by atoms with Crippen LogP contribution in [0.25, 0.3) is 0 Å². The Hall–Kier alpha value is -1.55. The normalized spacial score (nSPS) is 24.1. The molecule has 0 spiro atoms. The Kier molecular flexibility index (Phi) is 3.80. The molecule has 19 heavy (non-hydrogen) atoms. The van der Waals surface area contributed by atoms with Crippen molar-refractivity contribution in [3.63, 3.8) is 0 Å². The third-order valence-electron chi connectivity index (χ3n) is 3.84. The van der Waals surface area contributed by atoms with E-state index in [1.54, 1.807) is 12.1 Å². The minimum absolute atomic E-state index is 0.0162. The van der Waals surface area contributed by atoms with E-state index in [-0.39, 0.29) is 5.91 Å². The quantitative estimate of drug-likeness (QED) is 0.760. The second-order valence-electron chi connectivity index (χ2n) is 5.72. The maximum absolute atomic E-state index is 12.5. The van der Waals surface area contributed by atoms with Crippen LogP contribution in [0.4, 0.5) is 5.69 Å².